The highest BCUT2D eigenvalue weighted by Gasteiger charge is 2.21. The highest BCUT2D eigenvalue weighted by Crippen LogP contribution is 2.41. The van der Waals surface area contributed by atoms with E-state index in [1.807, 2.05) is 12.1 Å². The Bertz CT molecular complexity index is 1380. The Kier molecular flexibility index (Phi) is 7.08. The Morgan fingerprint density at radius 3 is 2.09 bits per heavy atom. The first kappa shape index (κ1) is 23.1. The van der Waals surface area contributed by atoms with Crippen molar-refractivity contribution in [2.45, 2.75) is 26.0 Å². The number of aliphatic hydroxyl groups excluding tert-OH is 1. The lowest BCUT2D eigenvalue weighted by molar-refractivity contribution is 0.154. The maximum Gasteiger partial charge on any atom is 0.0843 e. The van der Waals surface area contributed by atoms with E-state index in [9.17, 15) is 5.11 Å². The normalized spacial score (nSPS) is 12.2. The second-order valence-corrected chi connectivity index (χ2v) is 9.18. The average molecular weight is 461 g/mol. The van der Waals surface area contributed by atoms with E-state index in [4.69, 9.17) is 0 Å². The lowest BCUT2D eigenvalue weighted by Gasteiger charge is -2.18. The van der Waals surface area contributed by atoms with E-state index in [-0.39, 0.29) is 0 Å². The number of hydrogen-bond acceptors (Lipinski definition) is 2. The van der Waals surface area contributed by atoms with Crippen LogP contribution >= 0.6 is 0 Å². The summed E-state index contributed by atoms with van der Waals surface area (Å²) < 4.78 is 2.30. The first-order valence-electron chi connectivity index (χ1n) is 12.4. The molecule has 0 unspecified atom stereocenters. The van der Waals surface area contributed by atoms with E-state index < -0.39 is 6.10 Å². The number of hydrogen-bond donors (Lipinski definition) is 2. The van der Waals surface area contributed by atoms with Crippen LogP contribution in [0.2, 0.25) is 0 Å². The average Bonchev–Trinajstić information content (AvgIpc) is 3.21. The van der Waals surface area contributed by atoms with E-state index in [1.165, 1.54) is 27.6 Å². The van der Waals surface area contributed by atoms with Crippen LogP contribution in [0.15, 0.2) is 109 Å². The standard InChI is InChI=1S/C32H32N2O/c1-24-17-18-30-29(21-24)31(26-13-7-3-8-14-26)32(27-15-9-4-10-16-27)34(30)23-28(35)22-33-20-19-25-11-5-2-6-12-25/h2-18,21,28,33,35H,19-20,22-23H2,1H3/t28-/m1/s1. The molecule has 0 fully saturated rings. The van der Waals surface area contributed by atoms with Gasteiger partial charge in [-0.3, -0.25) is 0 Å². The summed E-state index contributed by atoms with van der Waals surface area (Å²) in [5, 5.41) is 15.7. The number of aryl methyl sites for hydroxylation is 1. The second-order valence-electron chi connectivity index (χ2n) is 9.18. The fraction of sp³-hybridized carbons (Fsp3) is 0.188. The van der Waals surface area contributed by atoms with Crippen LogP contribution in [0.3, 0.4) is 0 Å². The summed E-state index contributed by atoms with van der Waals surface area (Å²) in [6, 6.07) is 38.2. The number of fused-ring (bicyclic) bond motifs is 1. The monoisotopic (exact) mass is 460 g/mol. The molecule has 4 aromatic carbocycles. The van der Waals surface area contributed by atoms with E-state index >= 15 is 0 Å². The van der Waals surface area contributed by atoms with Crippen LogP contribution in [0.1, 0.15) is 11.1 Å². The third-order valence-corrected chi connectivity index (χ3v) is 6.54. The van der Waals surface area contributed by atoms with Crippen LogP contribution in [0.5, 0.6) is 0 Å². The minimum atomic E-state index is -0.506. The minimum absolute atomic E-state index is 0.506. The van der Waals surface area contributed by atoms with Gasteiger partial charge in [0.15, 0.2) is 0 Å². The predicted octanol–water partition coefficient (Wildman–Crippen LogP) is 6.48. The van der Waals surface area contributed by atoms with Crippen LogP contribution in [0.25, 0.3) is 33.3 Å². The molecule has 35 heavy (non-hydrogen) atoms. The molecule has 5 rings (SSSR count). The molecule has 0 aliphatic heterocycles. The van der Waals surface area contributed by atoms with Crippen LogP contribution in [-0.4, -0.2) is 28.9 Å². The zero-order chi connectivity index (χ0) is 24.0. The molecule has 0 aliphatic carbocycles. The highest BCUT2D eigenvalue weighted by atomic mass is 16.3. The molecule has 176 valence electrons. The summed E-state index contributed by atoms with van der Waals surface area (Å²) in [7, 11) is 0. The number of aliphatic hydroxyl groups is 1. The Morgan fingerprint density at radius 1 is 0.771 bits per heavy atom. The zero-order valence-corrected chi connectivity index (χ0v) is 20.2. The van der Waals surface area contributed by atoms with Crippen LogP contribution in [0.4, 0.5) is 0 Å². The van der Waals surface area contributed by atoms with Gasteiger partial charge in [0.25, 0.3) is 0 Å². The maximum atomic E-state index is 11.1. The predicted molar refractivity (Wildman–Crippen MR) is 147 cm³/mol. The van der Waals surface area contributed by atoms with Gasteiger partial charge in [-0.15, -0.1) is 0 Å². The molecular weight excluding hydrogens is 428 g/mol. The molecular formula is C32H32N2O. The molecule has 1 aromatic heterocycles. The van der Waals surface area contributed by atoms with Gasteiger partial charge >= 0.3 is 0 Å². The topological polar surface area (TPSA) is 37.2 Å². The molecule has 0 bridgehead atoms. The van der Waals surface area contributed by atoms with Crippen molar-refractivity contribution < 1.29 is 5.11 Å². The molecule has 0 saturated heterocycles. The fourth-order valence-corrected chi connectivity index (χ4v) is 4.87. The summed E-state index contributed by atoms with van der Waals surface area (Å²) >= 11 is 0. The van der Waals surface area contributed by atoms with Crippen molar-refractivity contribution in [2.24, 2.45) is 0 Å². The van der Waals surface area contributed by atoms with E-state index in [1.54, 1.807) is 0 Å². The van der Waals surface area contributed by atoms with Crippen molar-refractivity contribution in [2.75, 3.05) is 13.1 Å². The Hall–Kier alpha value is -3.66. The van der Waals surface area contributed by atoms with E-state index in [2.05, 4.69) is 114 Å². The summed E-state index contributed by atoms with van der Waals surface area (Å²) in [6.45, 7) is 4.05. The summed E-state index contributed by atoms with van der Waals surface area (Å²) in [5.74, 6) is 0. The van der Waals surface area contributed by atoms with Crippen molar-refractivity contribution in [3.8, 4) is 22.4 Å². The first-order chi connectivity index (χ1) is 17.2. The van der Waals surface area contributed by atoms with Gasteiger partial charge in [0.1, 0.15) is 0 Å². The fourth-order valence-electron chi connectivity index (χ4n) is 4.87. The molecule has 3 nitrogen and oxygen atoms in total. The van der Waals surface area contributed by atoms with Crippen molar-refractivity contribution in [3.63, 3.8) is 0 Å². The van der Waals surface area contributed by atoms with Gasteiger partial charge in [-0.05, 0) is 48.7 Å². The molecule has 0 amide bonds. The van der Waals surface area contributed by atoms with Crippen molar-refractivity contribution in [1.29, 1.82) is 0 Å². The Labute approximate surface area is 207 Å². The zero-order valence-electron chi connectivity index (χ0n) is 20.2. The van der Waals surface area contributed by atoms with Gasteiger partial charge in [0, 0.05) is 23.0 Å². The molecule has 2 N–H and O–H groups in total. The highest BCUT2D eigenvalue weighted by molar-refractivity contribution is 6.04. The number of aromatic nitrogens is 1. The number of nitrogens with zero attached hydrogens (tertiary/aromatic N) is 1. The third kappa shape index (κ3) is 5.22. The van der Waals surface area contributed by atoms with Gasteiger partial charge in [-0.2, -0.15) is 0 Å². The largest absolute Gasteiger partial charge is 0.390 e. The van der Waals surface area contributed by atoms with Gasteiger partial charge in [-0.25, -0.2) is 0 Å². The lowest BCUT2D eigenvalue weighted by atomic mass is 9.98. The van der Waals surface area contributed by atoms with Crippen molar-refractivity contribution in [3.05, 3.63) is 120 Å². The number of benzene rings is 4. The van der Waals surface area contributed by atoms with Gasteiger partial charge in [0.05, 0.1) is 18.3 Å². The van der Waals surface area contributed by atoms with Gasteiger partial charge < -0.3 is 15.0 Å². The maximum absolute atomic E-state index is 11.1. The van der Waals surface area contributed by atoms with Crippen LogP contribution in [0, 0.1) is 6.92 Å². The molecule has 5 aromatic rings. The third-order valence-electron chi connectivity index (χ3n) is 6.54. The molecule has 0 saturated carbocycles. The lowest BCUT2D eigenvalue weighted by Crippen LogP contribution is -2.31. The Morgan fingerprint density at radius 2 is 1.40 bits per heavy atom. The molecule has 1 atom stereocenters. The van der Waals surface area contributed by atoms with E-state index in [0.717, 1.165) is 29.7 Å². The summed E-state index contributed by atoms with van der Waals surface area (Å²) in [6.07, 6.45) is 0.445. The number of nitrogens with one attached hydrogen (secondary N) is 1. The van der Waals surface area contributed by atoms with Gasteiger partial charge in [-0.1, -0.05) is 103 Å². The number of rotatable bonds is 9. The van der Waals surface area contributed by atoms with Crippen molar-refractivity contribution in [1.82, 2.24) is 9.88 Å². The first-order valence-corrected chi connectivity index (χ1v) is 12.4. The Balaban J connectivity index is 1.48. The summed E-state index contributed by atoms with van der Waals surface area (Å²) in [4.78, 5) is 0. The second kappa shape index (κ2) is 10.7. The van der Waals surface area contributed by atoms with Crippen LogP contribution in [-0.2, 0) is 13.0 Å². The molecule has 1 heterocycles. The molecule has 0 aliphatic rings. The molecule has 0 spiro atoms. The minimum Gasteiger partial charge on any atom is -0.390 e. The summed E-state index contributed by atoms with van der Waals surface area (Å²) in [5.41, 5.74) is 8.41. The van der Waals surface area contributed by atoms with Crippen LogP contribution < -0.4 is 5.32 Å². The SMILES string of the molecule is Cc1ccc2c(c1)c(-c1ccccc1)c(-c1ccccc1)n2C[C@H](O)CNCCc1ccccc1. The van der Waals surface area contributed by atoms with Gasteiger partial charge in [0.2, 0.25) is 0 Å². The van der Waals surface area contributed by atoms with E-state index in [0.29, 0.717) is 13.1 Å². The molecule has 3 heteroatoms. The molecule has 0 radical (unpaired) electrons. The smallest absolute Gasteiger partial charge is 0.0843 e. The quantitative estimate of drug-likeness (QED) is 0.247. The van der Waals surface area contributed by atoms with Crippen molar-refractivity contribution >= 4 is 10.9 Å².